The summed E-state index contributed by atoms with van der Waals surface area (Å²) in [4.78, 5) is 21.7. The zero-order chi connectivity index (χ0) is 15.2. The lowest BCUT2D eigenvalue weighted by atomic mass is 10.2. The number of non-ortho nitro benzene ring substituents is 1. The van der Waals surface area contributed by atoms with Gasteiger partial charge in [-0.15, -0.1) is 0 Å². The van der Waals surface area contributed by atoms with Crippen LogP contribution in [0.1, 0.15) is 11.1 Å². The predicted octanol–water partition coefficient (Wildman–Crippen LogP) is 3.52. The van der Waals surface area contributed by atoms with Crippen LogP contribution in [0.4, 0.5) is 5.69 Å². The van der Waals surface area contributed by atoms with Gasteiger partial charge in [0.25, 0.3) is 5.69 Å². The molecule has 2 aromatic carbocycles. The normalized spacial score (nSPS) is 10.5. The van der Waals surface area contributed by atoms with Crippen LogP contribution in [-0.2, 0) is 4.79 Å². The van der Waals surface area contributed by atoms with E-state index in [1.807, 2.05) is 13.0 Å². The number of aryl methyl sites for hydroxylation is 1. The van der Waals surface area contributed by atoms with Gasteiger partial charge in [-0.25, -0.2) is 4.79 Å². The van der Waals surface area contributed by atoms with E-state index in [2.05, 4.69) is 0 Å². The molecule has 0 aliphatic rings. The van der Waals surface area contributed by atoms with Gasteiger partial charge >= 0.3 is 5.97 Å². The van der Waals surface area contributed by atoms with Crippen molar-refractivity contribution in [1.82, 2.24) is 0 Å². The minimum Gasteiger partial charge on any atom is -0.423 e. The number of ether oxygens (including phenoxy) is 1. The maximum atomic E-state index is 11.7. The molecule has 0 saturated carbocycles. The smallest absolute Gasteiger partial charge is 0.336 e. The molecular weight excluding hydrogens is 270 g/mol. The van der Waals surface area contributed by atoms with E-state index in [0.29, 0.717) is 11.3 Å². The minimum atomic E-state index is -0.501. The Morgan fingerprint density at radius 3 is 2.52 bits per heavy atom. The van der Waals surface area contributed by atoms with Crippen molar-refractivity contribution >= 4 is 17.7 Å². The third-order valence-electron chi connectivity index (χ3n) is 2.72. The second-order valence-corrected chi connectivity index (χ2v) is 4.42. The summed E-state index contributed by atoms with van der Waals surface area (Å²) in [5, 5.41) is 10.5. The Morgan fingerprint density at radius 2 is 1.90 bits per heavy atom. The number of nitro groups is 1. The molecule has 2 aromatic rings. The highest BCUT2D eigenvalue weighted by atomic mass is 16.6. The number of carbonyl (C=O) groups is 1. The van der Waals surface area contributed by atoms with Gasteiger partial charge in [-0.2, -0.15) is 0 Å². The largest absolute Gasteiger partial charge is 0.423 e. The molecule has 0 radical (unpaired) electrons. The predicted molar refractivity (Wildman–Crippen MR) is 78.9 cm³/mol. The van der Waals surface area contributed by atoms with Gasteiger partial charge < -0.3 is 4.74 Å². The van der Waals surface area contributed by atoms with Gasteiger partial charge in [0.2, 0.25) is 0 Å². The first kappa shape index (κ1) is 14.5. The van der Waals surface area contributed by atoms with E-state index in [1.54, 1.807) is 36.4 Å². The van der Waals surface area contributed by atoms with Gasteiger partial charge in [-0.3, -0.25) is 10.1 Å². The third-order valence-corrected chi connectivity index (χ3v) is 2.72. The second kappa shape index (κ2) is 6.47. The standard InChI is InChI=1S/C16H13NO4/c1-12-3-2-4-15(11-12)21-16(18)10-7-13-5-8-14(9-6-13)17(19)20/h2-11H,1H3/b10-7+. The number of carbonyl (C=O) groups excluding carboxylic acids is 1. The van der Waals surface area contributed by atoms with Gasteiger partial charge in [0, 0.05) is 18.2 Å². The summed E-state index contributed by atoms with van der Waals surface area (Å²) < 4.78 is 5.14. The average Bonchev–Trinajstić information content (AvgIpc) is 2.45. The highest BCUT2D eigenvalue weighted by Gasteiger charge is 2.03. The average molecular weight is 283 g/mol. The first-order chi connectivity index (χ1) is 10.0. The van der Waals surface area contributed by atoms with E-state index >= 15 is 0 Å². The van der Waals surface area contributed by atoms with E-state index in [-0.39, 0.29) is 5.69 Å². The molecule has 0 spiro atoms. The maximum absolute atomic E-state index is 11.7. The molecule has 0 heterocycles. The fourth-order valence-electron chi connectivity index (χ4n) is 1.70. The topological polar surface area (TPSA) is 69.4 Å². The Labute approximate surface area is 121 Å². The lowest BCUT2D eigenvalue weighted by Crippen LogP contribution is -2.03. The number of esters is 1. The van der Waals surface area contributed by atoms with Crippen molar-refractivity contribution in [3.63, 3.8) is 0 Å². The first-order valence-electron chi connectivity index (χ1n) is 6.25. The summed E-state index contributed by atoms with van der Waals surface area (Å²) >= 11 is 0. The molecule has 106 valence electrons. The molecule has 21 heavy (non-hydrogen) atoms. The minimum absolute atomic E-state index is 0.00878. The SMILES string of the molecule is Cc1cccc(OC(=O)/C=C/c2ccc([N+](=O)[O-])cc2)c1. The van der Waals surface area contributed by atoms with Crippen LogP contribution >= 0.6 is 0 Å². The van der Waals surface area contributed by atoms with Gasteiger partial charge in [-0.1, -0.05) is 12.1 Å². The van der Waals surface area contributed by atoms with Crippen molar-refractivity contribution in [1.29, 1.82) is 0 Å². The summed E-state index contributed by atoms with van der Waals surface area (Å²) in [6.45, 7) is 1.91. The van der Waals surface area contributed by atoms with Gasteiger partial charge in [0.05, 0.1) is 4.92 Å². The highest BCUT2D eigenvalue weighted by molar-refractivity contribution is 5.88. The molecule has 0 N–H and O–H groups in total. The highest BCUT2D eigenvalue weighted by Crippen LogP contribution is 2.14. The van der Waals surface area contributed by atoms with Crippen molar-refractivity contribution in [2.75, 3.05) is 0 Å². The van der Waals surface area contributed by atoms with E-state index in [0.717, 1.165) is 5.56 Å². The molecule has 0 aromatic heterocycles. The van der Waals surface area contributed by atoms with Crippen molar-refractivity contribution in [3.05, 3.63) is 75.8 Å². The zero-order valence-electron chi connectivity index (χ0n) is 11.4. The van der Waals surface area contributed by atoms with Crippen LogP contribution in [0.25, 0.3) is 6.08 Å². The van der Waals surface area contributed by atoms with E-state index in [9.17, 15) is 14.9 Å². The number of nitro benzene ring substituents is 1. The molecule has 0 bridgehead atoms. The number of hydrogen-bond donors (Lipinski definition) is 0. The van der Waals surface area contributed by atoms with Crippen LogP contribution in [0.2, 0.25) is 0 Å². The fourth-order valence-corrected chi connectivity index (χ4v) is 1.70. The zero-order valence-corrected chi connectivity index (χ0v) is 11.4. The lowest BCUT2D eigenvalue weighted by molar-refractivity contribution is -0.384. The van der Waals surface area contributed by atoms with Gasteiger partial charge in [0.15, 0.2) is 0 Å². The fraction of sp³-hybridized carbons (Fsp3) is 0.0625. The molecule has 0 aliphatic carbocycles. The number of nitrogens with zero attached hydrogens (tertiary/aromatic N) is 1. The van der Waals surface area contributed by atoms with Gasteiger partial charge in [0.1, 0.15) is 5.75 Å². The third kappa shape index (κ3) is 4.28. The van der Waals surface area contributed by atoms with E-state index in [4.69, 9.17) is 4.74 Å². The molecule has 0 fully saturated rings. The summed E-state index contributed by atoms with van der Waals surface area (Å²) in [5.74, 6) is -0.0210. The Morgan fingerprint density at radius 1 is 1.19 bits per heavy atom. The molecule has 5 nitrogen and oxygen atoms in total. The molecule has 0 amide bonds. The monoisotopic (exact) mass is 283 g/mol. The van der Waals surface area contributed by atoms with Crippen LogP contribution in [-0.4, -0.2) is 10.9 Å². The Bertz CT molecular complexity index is 690. The van der Waals surface area contributed by atoms with Gasteiger partial charge in [-0.05, 0) is 48.4 Å². The molecule has 2 rings (SSSR count). The molecule has 0 aliphatic heterocycles. The van der Waals surface area contributed by atoms with Crippen molar-refractivity contribution in [2.24, 2.45) is 0 Å². The molecule has 0 unspecified atom stereocenters. The van der Waals surface area contributed by atoms with Crippen LogP contribution in [0.3, 0.4) is 0 Å². The summed E-state index contributed by atoms with van der Waals surface area (Å²) in [6.07, 6.45) is 2.82. The lowest BCUT2D eigenvalue weighted by Gasteiger charge is -2.01. The quantitative estimate of drug-likeness (QED) is 0.283. The number of rotatable bonds is 4. The summed E-state index contributed by atoms with van der Waals surface area (Å²) in [5.41, 5.74) is 1.69. The van der Waals surface area contributed by atoms with Crippen molar-refractivity contribution in [2.45, 2.75) is 6.92 Å². The molecule has 5 heteroatoms. The van der Waals surface area contributed by atoms with Crippen molar-refractivity contribution < 1.29 is 14.5 Å². The summed E-state index contributed by atoms with van der Waals surface area (Å²) in [7, 11) is 0. The molecule has 0 atom stereocenters. The summed E-state index contributed by atoms with van der Waals surface area (Å²) in [6, 6.07) is 13.1. The Kier molecular flexibility index (Phi) is 4.46. The van der Waals surface area contributed by atoms with Crippen LogP contribution in [0.5, 0.6) is 5.75 Å². The van der Waals surface area contributed by atoms with Crippen LogP contribution in [0.15, 0.2) is 54.6 Å². The Hall–Kier alpha value is -2.95. The maximum Gasteiger partial charge on any atom is 0.336 e. The molecule has 0 saturated heterocycles. The van der Waals surface area contributed by atoms with Crippen LogP contribution in [0, 0.1) is 17.0 Å². The second-order valence-electron chi connectivity index (χ2n) is 4.42. The van der Waals surface area contributed by atoms with Crippen LogP contribution < -0.4 is 4.74 Å². The first-order valence-corrected chi connectivity index (χ1v) is 6.25. The molecular formula is C16H13NO4. The van der Waals surface area contributed by atoms with E-state index < -0.39 is 10.9 Å². The number of hydrogen-bond acceptors (Lipinski definition) is 4. The van der Waals surface area contributed by atoms with E-state index in [1.165, 1.54) is 18.2 Å². The Balaban J connectivity index is 2.00. The number of benzene rings is 2. The van der Waals surface area contributed by atoms with Crippen molar-refractivity contribution in [3.8, 4) is 5.75 Å².